The molecule has 0 aromatic heterocycles. The number of aliphatic hydroxyl groups is 1. The van der Waals surface area contributed by atoms with Crippen LogP contribution in [0.15, 0.2) is 12.1 Å². The van der Waals surface area contributed by atoms with Gasteiger partial charge in [-0.1, -0.05) is 38.2 Å². The summed E-state index contributed by atoms with van der Waals surface area (Å²) in [6, 6.07) is 3.23. The molecule has 4 nitrogen and oxygen atoms in total. The molecule has 0 aliphatic heterocycles. The zero-order valence-electron chi connectivity index (χ0n) is 13.1. The number of phenolic OH excluding ortho intramolecular Hbond substituents is 2. The van der Waals surface area contributed by atoms with E-state index in [4.69, 9.17) is 0 Å². The first-order valence-electron chi connectivity index (χ1n) is 8.62. The zero-order chi connectivity index (χ0) is 15.5. The summed E-state index contributed by atoms with van der Waals surface area (Å²) in [6.45, 7) is 0.950. The summed E-state index contributed by atoms with van der Waals surface area (Å²) in [6.07, 6.45) is 8.88. The van der Waals surface area contributed by atoms with E-state index in [0.29, 0.717) is 12.0 Å². The van der Waals surface area contributed by atoms with Crippen molar-refractivity contribution < 1.29 is 15.3 Å². The molecule has 122 valence electrons. The summed E-state index contributed by atoms with van der Waals surface area (Å²) in [5.74, 6) is 0.669. The summed E-state index contributed by atoms with van der Waals surface area (Å²) in [7, 11) is 0. The molecule has 0 amide bonds. The van der Waals surface area contributed by atoms with Gasteiger partial charge in [-0.3, -0.25) is 0 Å². The lowest BCUT2D eigenvalue weighted by atomic mass is 9.84. The van der Waals surface area contributed by atoms with E-state index < -0.39 is 6.10 Å². The molecule has 1 fully saturated rings. The van der Waals surface area contributed by atoms with E-state index in [0.717, 1.165) is 24.4 Å². The number of hydrogen-bond acceptors (Lipinski definition) is 4. The molecule has 4 N–H and O–H groups in total. The third-order valence-corrected chi connectivity index (χ3v) is 5.39. The van der Waals surface area contributed by atoms with Crippen LogP contribution in [0.2, 0.25) is 0 Å². The topological polar surface area (TPSA) is 72.7 Å². The van der Waals surface area contributed by atoms with Gasteiger partial charge < -0.3 is 20.6 Å². The number of aromatic hydroxyl groups is 2. The first-order chi connectivity index (χ1) is 10.7. The summed E-state index contributed by atoms with van der Waals surface area (Å²) < 4.78 is 0. The van der Waals surface area contributed by atoms with Gasteiger partial charge in [0, 0.05) is 11.6 Å². The second-order valence-electron chi connectivity index (χ2n) is 6.84. The molecule has 0 radical (unpaired) electrons. The number of aliphatic hydroxyl groups excluding tert-OH is 1. The average molecular weight is 305 g/mol. The van der Waals surface area contributed by atoms with Crippen LogP contribution >= 0.6 is 0 Å². The molecule has 1 saturated carbocycles. The predicted molar refractivity (Wildman–Crippen MR) is 86.0 cm³/mol. The van der Waals surface area contributed by atoms with Crippen molar-refractivity contribution in [3.63, 3.8) is 0 Å². The van der Waals surface area contributed by atoms with E-state index in [1.54, 1.807) is 6.07 Å². The minimum absolute atomic E-state index is 0.0417. The minimum Gasteiger partial charge on any atom is -0.504 e. The van der Waals surface area contributed by atoms with Crippen LogP contribution in [0.4, 0.5) is 0 Å². The van der Waals surface area contributed by atoms with Gasteiger partial charge in [0.2, 0.25) is 0 Å². The molecule has 0 spiro atoms. The second kappa shape index (κ2) is 6.88. The lowest BCUT2D eigenvalue weighted by Gasteiger charge is -2.32. The Morgan fingerprint density at radius 2 is 1.82 bits per heavy atom. The molecule has 0 bridgehead atoms. The highest BCUT2D eigenvalue weighted by Gasteiger charge is 2.30. The lowest BCUT2D eigenvalue weighted by molar-refractivity contribution is 0.113. The van der Waals surface area contributed by atoms with Crippen molar-refractivity contribution in [2.24, 2.45) is 5.92 Å². The van der Waals surface area contributed by atoms with Crippen LogP contribution in [-0.2, 0) is 6.42 Å². The number of hydrogen-bond donors (Lipinski definition) is 4. The molecule has 1 aromatic carbocycles. The third kappa shape index (κ3) is 3.23. The Balaban J connectivity index is 1.56. The second-order valence-corrected chi connectivity index (χ2v) is 6.84. The Bertz CT molecular complexity index is 511. The first kappa shape index (κ1) is 15.6. The van der Waals surface area contributed by atoms with Gasteiger partial charge in [-0.25, -0.2) is 0 Å². The van der Waals surface area contributed by atoms with Crippen LogP contribution in [0, 0.1) is 5.92 Å². The molecule has 2 unspecified atom stereocenters. The molecular formula is C18H27NO3. The number of fused-ring (bicyclic) bond motifs is 1. The molecule has 2 aliphatic carbocycles. The molecular weight excluding hydrogens is 278 g/mol. The monoisotopic (exact) mass is 305 g/mol. The maximum absolute atomic E-state index is 10.5. The standard InChI is InChI=1S/C18H27NO3/c20-16-9-7-13-14(18(16)22)6-8-15(17(13)21)19-11-10-12-4-2-1-3-5-12/h7,9,12,15,17,19-22H,1-6,8,10-11H2. The van der Waals surface area contributed by atoms with Crippen molar-refractivity contribution in [1.29, 1.82) is 0 Å². The van der Waals surface area contributed by atoms with E-state index in [9.17, 15) is 15.3 Å². The highest BCUT2D eigenvalue weighted by Crippen LogP contribution is 2.39. The Morgan fingerprint density at radius 1 is 1.05 bits per heavy atom. The molecule has 2 atom stereocenters. The summed E-state index contributed by atoms with van der Waals surface area (Å²) in [5.41, 5.74) is 1.44. The van der Waals surface area contributed by atoms with Crippen LogP contribution in [-0.4, -0.2) is 27.9 Å². The zero-order valence-corrected chi connectivity index (χ0v) is 13.1. The quantitative estimate of drug-likeness (QED) is 0.645. The molecule has 4 heteroatoms. The van der Waals surface area contributed by atoms with Crippen molar-refractivity contribution in [3.05, 3.63) is 23.3 Å². The Morgan fingerprint density at radius 3 is 2.59 bits per heavy atom. The number of nitrogens with one attached hydrogen (secondary N) is 1. The highest BCUT2D eigenvalue weighted by molar-refractivity contribution is 5.51. The largest absolute Gasteiger partial charge is 0.504 e. The van der Waals surface area contributed by atoms with E-state index in [2.05, 4.69) is 5.32 Å². The SMILES string of the molecule is Oc1ccc2c(c1O)CCC(NCCC1CCCCC1)C2O. The number of phenols is 2. The van der Waals surface area contributed by atoms with Gasteiger partial charge in [-0.05, 0) is 43.4 Å². The first-order valence-corrected chi connectivity index (χ1v) is 8.62. The lowest BCUT2D eigenvalue weighted by Crippen LogP contribution is -2.39. The van der Waals surface area contributed by atoms with Gasteiger partial charge in [0.25, 0.3) is 0 Å². The van der Waals surface area contributed by atoms with Crippen molar-refractivity contribution in [2.45, 2.75) is 63.5 Å². The Hall–Kier alpha value is -1.26. The highest BCUT2D eigenvalue weighted by atomic mass is 16.3. The fraction of sp³-hybridized carbons (Fsp3) is 0.667. The Labute approximate surface area is 132 Å². The van der Waals surface area contributed by atoms with Crippen molar-refractivity contribution >= 4 is 0 Å². The Kier molecular flexibility index (Phi) is 4.89. The van der Waals surface area contributed by atoms with Gasteiger partial charge in [0.15, 0.2) is 11.5 Å². The van der Waals surface area contributed by atoms with Gasteiger partial charge in [0.1, 0.15) is 0 Å². The molecule has 1 aromatic rings. The summed E-state index contributed by atoms with van der Waals surface area (Å²) in [4.78, 5) is 0. The predicted octanol–water partition coefficient (Wildman–Crippen LogP) is 3.01. The third-order valence-electron chi connectivity index (χ3n) is 5.39. The minimum atomic E-state index is -0.610. The number of benzene rings is 1. The molecule has 22 heavy (non-hydrogen) atoms. The van der Waals surface area contributed by atoms with Crippen LogP contribution in [0.5, 0.6) is 11.5 Å². The van der Waals surface area contributed by atoms with E-state index in [1.165, 1.54) is 44.6 Å². The average Bonchev–Trinajstić information content (AvgIpc) is 2.54. The maximum atomic E-state index is 10.5. The van der Waals surface area contributed by atoms with Crippen molar-refractivity contribution in [3.8, 4) is 11.5 Å². The molecule has 2 aliphatic rings. The van der Waals surface area contributed by atoms with Gasteiger partial charge >= 0.3 is 0 Å². The van der Waals surface area contributed by atoms with E-state index in [-0.39, 0.29) is 17.5 Å². The van der Waals surface area contributed by atoms with Crippen molar-refractivity contribution in [1.82, 2.24) is 5.32 Å². The summed E-state index contributed by atoms with van der Waals surface area (Å²) in [5, 5.41) is 33.5. The normalized spacial score (nSPS) is 25.9. The van der Waals surface area contributed by atoms with Crippen molar-refractivity contribution in [2.75, 3.05) is 6.54 Å². The smallest absolute Gasteiger partial charge is 0.161 e. The van der Waals surface area contributed by atoms with Crippen LogP contribution < -0.4 is 5.32 Å². The van der Waals surface area contributed by atoms with Crippen LogP contribution in [0.25, 0.3) is 0 Å². The fourth-order valence-corrected chi connectivity index (χ4v) is 4.02. The van der Waals surface area contributed by atoms with Gasteiger partial charge in [-0.2, -0.15) is 0 Å². The fourth-order valence-electron chi connectivity index (χ4n) is 4.02. The van der Waals surface area contributed by atoms with Gasteiger partial charge in [-0.15, -0.1) is 0 Å². The van der Waals surface area contributed by atoms with Gasteiger partial charge in [0.05, 0.1) is 6.10 Å². The van der Waals surface area contributed by atoms with Crippen LogP contribution in [0.3, 0.4) is 0 Å². The molecule has 0 heterocycles. The number of rotatable bonds is 4. The molecule has 3 rings (SSSR count). The maximum Gasteiger partial charge on any atom is 0.161 e. The van der Waals surface area contributed by atoms with E-state index in [1.807, 2.05) is 0 Å². The molecule has 0 saturated heterocycles. The summed E-state index contributed by atoms with van der Waals surface area (Å²) >= 11 is 0. The van der Waals surface area contributed by atoms with Crippen LogP contribution in [0.1, 0.15) is 62.2 Å². The van der Waals surface area contributed by atoms with E-state index >= 15 is 0 Å².